The molecule has 1 fully saturated rings. The van der Waals surface area contributed by atoms with Crippen LogP contribution in [0, 0.1) is 5.95 Å². The number of hydrogen-bond donors (Lipinski definition) is 1. The van der Waals surface area contributed by atoms with Crippen LogP contribution in [0.1, 0.15) is 18.4 Å². The molecule has 5 heteroatoms. The summed E-state index contributed by atoms with van der Waals surface area (Å²) in [6.45, 7) is 3.08. The number of anilines is 1. The fourth-order valence-electron chi connectivity index (χ4n) is 2.70. The molecule has 21 heavy (non-hydrogen) atoms. The van der Waals surface area contributed by atoms with Crippen LogP contribution in [0.2, 0.25) is 0 Å². The third kappa shape index (κ3) is 3.98. The largest absolute Gasteiger partial charge is 0.367 e. The minimum absolute atomic E-state index is 0.353. The fraction of sp³-hybridized carbons (Fsp3) is 0.375. The van der Waals surface area contributed by atoms with Crippen molar-refractivity contribution in [3.05, 3.63) is 54.2 Å². The van der Waals surface area contributed by atoms with E-state index in [0.717, 1.165) is 32.5 Å². The molecule has 0 unspecified atom stereocenters. The second-order valence-electron chi connectivity index (χ2n) is 5.41. The molecule has 1 aliphatic heterocycles. The van der Waals surface area contributed by atoms with E-state index in [2.05, 4.69) is 44.5 Å². The van der Waals surface area contributed by atoms with Crippen molar-refractivity contribution < 1.29 is 4.39 Å². The second kappa shape index (κ2) is 6.63. The molecule has 1 aliphatic rings. The lowest BCUT2D eigenvalue weighted by Crippen LogP contribution is -2.38. The molecule has 0 amide bonds. The van der Waals surface area contributed by atoms with E-state index in [-0.39, 0.29) is 0 Å². The summed E-state index contributed by atoms with van der Waals surface area (Å²) in [7, 11) is 0. The Bertz CT molecular complexity index is 567. The molecule has 110 valence electrons. The van der Waals surface area contributed by atoms with Gasteiger partial charge >= 0.3 is 0 Å². The highest BCUT2D eigenvalue weighted by atomic mass is 19.1. The summed E-state index contributed by atoms with van der Waals surface area (Å²) < 4.78 is 13.0. The molecule has 2 heterocycles. The highest BCUT2D eigenvalue weighted by molar-refractivity contribution is 5.33. The normalized spacial score (nSPS) is 16.8. The molecule has 1 aromatic heterocycles. The maximum atomic E-state index is 13.0. The number of likely N-dealkylation sites (tertiary alicyclic amines) is 1. The third-order valence-corrected chi connectivity index (χ3v) is 3.82. The zero-order valence-electron chi connectivity index (χ0n) is 11.9. The van der Waals surface area contributed by atoms with Gasteiger partial charge in [-0.2, -0.15) is 4.39 Å². The molecular formula is C16H19FN4. The van der Waals surface area contributed by atoms with Crippen molar-refractivity contribution in [2.24, 2.45) is 0 Å². The van der Waals surface area contributed by atoms with Gasteiger partial charge in [0.25, 0.3) is 0 Å². The number of hydrogen-bond acceptors (Lipinski definition) is 4. The van der Waals surface area contributed by atoms with Gasteiger partial charge in [-0.1, -0.05) is 30.3 Å². The van der Waals surface area contributed by atoms with Gasteiger partial charge in [-0.15, -0.1) is 0 Å². The van der Waals surface area contributed by atoms with Crippen LogP contribution in [0.25, 0.3) is 0 Å². The number of nitrogens with zero attached hydrogens (tertiary/aromatic N) is 3. The topological polar surface area (TPSA) is 41.0 Å². The minimum Gasteiger partial charge on any atom is -0.367 e. The molecule has 2 aromatic rings. The number of piperidine rings is 1. The lowest BCUT2D eigenvalue weighted by Gasteiger charge is -2.32. The van der Waals surface area contributed by atoms with Crippen molar-refractivity contribution in [2.45, 2.75) is 25.4 Å². The Labute approximate surface area is 124 Å². The summed E-state index contributed by atoms with van der Waals surface area (Å²) in [5, 5.41) is 3.29. The zero-order chi connectivity index (χ0) is 14.5. The first-order chi connectivity index (χ1) is 10.3. The Kier molecular flexibility index (Phi) is 4.40. The van der Waals surface area contributed by atoms with E-state index in [1.165, 1.54) is 18.0 Å². The molecule has 0 aliphatic carbocycles. The first-order valence-electron chi connectivity index (χ1n) is 7.30. The van der Waals surface area contributed by atoms with Gasteiger partial charge < -0.3 is 5.32 Å². The van der Waals surface area contributed by atoms with Gasteiger partial charge in [0.05, 0.1) is 0 Å². The van der Waals surface area contributed by atoms with E-state index in [0.29, 0.717) is 11.9 Å². The number of benzene rings is 1. The summed E-state index contributed by atoms with van der Waals surface area (Å²) in [6, 6.07) is 12.2. The number of halogens is 1. The number of aromatic nitrogens is 2. The van der Waals surface area contributed by atoms with E-state index < -0.39 is 5.95 Å². The standard InChI is InChI=1S/C16H19FN4/c17-15-10-16(19-12-18-15)20-14-6-8-21(9-7-14)11-13-4-2-1-3-5-13/h1-5,10,12,14H,6-9,11H2,(H,18,19,20). The van der Waals surface area contributed by atoms with Crippen molar-refractivity contribution in [2.75, 3.05) is 18.4 Å². The van der Waals surface area contributed by atoms with Crippen LogP contribution in [0.4, 0.5) is 10.2 Å². The lowest BCUT2D eigenvalue weighted by molar-refractivity contribution is 0.211. The Morgan fingerprint density at radius 1 is 1.14 bits per heavy atom. The first kappa shape index (κ1) is 13.9. The summed E-state index contributed by atoms with van der Waals surface area (Å²) in [6.07, 6.45) is 3.33. The van der Waals surface area contributed by atoms with Gasteiger partial charge in [0, 0.05) is 31.7 Å². The lowest BCUT2D eigenvalue weighted by atomic mass is 10.0. The van der Waals surface area contributed by atoms with Crippen LogP contribution in [0.5, 0.6) is 0 Å². The van der Waals surface area contributed by atoms with E-state index in [1.807, 2.05) is 6.07 Å². The van der Waals surface area contributed by atoms with Gasteiger partial charge in [-0.05, 0) is 18.4 Å². The van der Waals surface area contributed by atoms with Crippen LogP contribution in [0.3, 0.4) is 0 Å². The highest BCUT2D eigenvalue weighted by Gasteiger charge is 2.19. The predicted octanol–water partition coefficient (Wildman–Crippen LogP) is 2.69. The zero-order valence-corrected chi connectivity index (χ0v) is 11.9. The molecule has 0 saturated carbocycles. The molecule has 0 radical (unpaired) electrons. The SMILES string of the molecule is Fc1cc(NC2CCN(Cc3ccccc3)CC2)ncn1. The maximum absolute atomic E-state index is 13.0. The smallest absolute Gasteiger partial charge is 0.217 e. The molecule has 4 nitrogen and oxygen atoms in total. The Morgan fingerprint density at radius 2 is 1.90 bits per heavy atom. The second-order valence-corrected chi connectivity index (χ2v) is 5.41. The molecular weight excluding hydrogens is 267 g/mol. The Hall–Kier alpha value is -2.01. The van der Waals surface area contributed by atoms with Crippen LogP contribution in [-0.2, 0) is 6.54 Å². The minimum atomic E-state index is -0.492. The molecule has 0 spiro atoms. The van der Waals surface area contributed by atoms with Gasteiger partial charge in [-0.3, -0.25) is 4.90 Å². The number of rotatable bonds is 4. The van der Waals surface area contributed by atoms with E-state index >= 15 is 0 Å². The molecule has 1 N–H and O–H groups in total. The average Bonchev–Trinajstić information content (AvgIpc) is 2.50. The van der Waals surface area contributed by atoms with Gasteiger partial charge in [0.1, 0.15) is 12.1 Å². The van der Waals surface area contributed by atoms with Crippen molar-refractivity contribution in [3.63, 3.8) is 0 Å². The van der Waals surface area contributed by atoms with Crippen LogP contribution in [-0.4, -0.2) is 34.0 Å². The fourth-order valence-corrected chi connectivity index (χ4v) is 2.70. The predicted molar refractivity (Wildman–Crippen MR) is 80.4 cm³/mol. The van der Waals surface area contributed by atoms with Crippen LogP contribution >= 0.6 is 0 Å². The van der Waals surface area contributed by atoms with Crippen molar-refractivity contribution >= 4 is 5.82 Å². The van der Waals surface area contributed by atoms with Crippen molar-refractivity contribution in [3.8, 4) is 0 Å². The van der Waals surface area contributed by atoms with Gasteiger partial charge in [0.2, 0.25) is 5.95 Å². The van der Waals surface area contributed by atoms with Gasteiger partial charge in [0.15, 0.2) is 0 Å². The molecule has 0 atom stereocenters. The first-order valence-corrected chi connectivity index (χ1v) is 7.30. The van der Waals surface area contributed by atoms with Crippen molar-refractivity contribution in [1.29, 1.82) is 0 Å². The Balaban J connectivity index is 1.49. The number of nitrogens with one attached hydrogen (secondary N) is 1. The summed E-state index contributed by atoms with van der Waals surface area (Å²) in [5.41, 5.74) is 1.35. The molecule has 1 aromatic carbocycles. The summed E-state index contributed by atoms with van der Waals surface area (Å²) in [4.78, 5) is 9.96. The summed E-state index contributed by atoms with van der Waals surface area (Å²) in [5.74, 6) is 0.0815. The van der Waals surface area contributed by atoms with E-state index in [1.54, 1.807) is 0 Å². The van der Waals surface area contributed by atoms with Crippen LogP contribution in [0.15, 0.2) is 42.7 Å². The monoisotopic (exact) mass is 286 g/mol. The summed E-state index contributed by atoms with van der Waals surface area (Å²) >= 11 is 0. The quantitative estimate of drug-likeness (QED) is 0.877. The average molecular weight is 286 g/mol. The third-order valence-electron chi connectivity index (χ3n) is 3.82. The van der Waals surface area contributed by atoms with E-state index in [9.17, 15) is 4.39 Å². The molecule has 3 rings (SSSR count). The molecule has 1 saturated heterocycles. The maximum Gasteiger partial charge on any atom is 0.217 e. The van der Waals surface area contributed by atoms with Crippen molar-refractivity contribution in [1.82, 2.24) is 14.9 Å². The van der Waals surface area contributed by atoms with E-state index in [4.69, 9.17) is 0 Å². The Morgan fingerprint density at radius 3 is 2.62 bits per heavy atom. The van der Waals surface area contributed by atoms with Crippen LogP contribution < -0.4 is 5.32 Å². The highest BCUT2D eigenvalue weighted by Crippen LogP contribution is 2.17. The molecule has 0 bridgehead atoms. The van der Waals surface area contributed by atoms with Gasteiger partial charge in [-0.25, -0.2) is 9.97 Å².